The zero-order valence-electron chi connectivity index (χ0n) is 16.5. The van der Waals surface area contributed by atoms with Crippen LogP contribution >= 0.6 is 0 Å². The summed E-state index contributed by atoms with van der Waals surface area (Å²) in [6, 6.07) is 7.16. The molecule has 0 radical (unpaired) electrons. The molecule has 29 heavy (non-hydrogen) atoms. The van der Waals surface area contributed by atoms with E-state index in [1.54, 1.807) is 16.8 Å². The summed E-state index contributed by atoms with van der Waals surface area (Å²) in [6.45, 7) is 0. The minimum Gasteiger partial charge on any atom is -0.370 e. The fourth-order valence-corrected chi connectivity index (χ4v) is 6.44. The van der Waals surface area contributed by atoms with Crippen LogP contribution in [0, 0.1) is 23.7 Å². The Kier molecular flexibility index (Phi) is 4.16. The van der Waals surface area contributed by atoms with Gasteiger partial charge < -0.3 is 16.8 Å². The number of nitrogens with two attached hydrogens (primary N) is 2. The van der Waals surface area contributed by atoms with Gasteiger partial charge in [0.05, 0.1) is 16.8 Å². The molecule has 4 saturated carbocycles. The fourth-order valence-electron chi connectivity index (χ4n) is 6.44. The van der Waals surface area contributed by atoms with E-state index < -0.39 is 5.91 Å². The van der Waals surface area contributed by atoms with E-state index in [1.165, 1.54) is 32.1 Å². The van der Waals surface area contributed by atoms with Crippen molar-refractivity contribution in [2.45, 2.75) is 37.6 Å². The first kappa shape index (κ1) is 18.2. The van der Waals surface area contributed by atoms with Crippen molar-refractivity contribution in [2.24, 2.45) is 40.1 Å². The van der Waals surface area contributed by atoms with E-state index in [9.17, 15) is 4.79 Å². The first-order valence-electron chi connectivity index (χ1n) is 10.2. The Morgan fingerprint density at radius 1 is 1.14 bits per heavy atom. The monoisotopic (exact) mass is 394 g/mol. The van der Waals surface area contributed by atoms with E-state index in [0.717, 1.165) is 17.7 Å². The summed E-state index contributed by atoms with van der Waals surface area (Å²) in [7, 11) is 2.01. The molecule has 1 aromatic carbocycles. The van der Waals surface area contributed by atoms with Gasteiger partial charge in [-0.25, -0.2) is 0 Å². The molecule has 1 heterocycles. The van der Waals surface area contributed by atoms with Gasteiger partial charge in [-0.3, -0.25) is 4.79 Å². The number of carbonyl (C=O) groups excluding carboxylic acids is 1. The number of hydrogen-bond donors (Lipinski definition) is 3. The zero-order valence-corrected chi connectivity index (χ0v) is 16.5. The second-order valence-corrected chi connectivity index (χ2v) is 8.70. The molecule has 2 aromatic rings. The summed E-state index contributed by atoms with van der Waals surface area (Å²) < 4.78 is 1.70. The standard InChI is InChI=1S/C20H26N8O/c1-23-20(13-7-11-6-12(9-13)10-14(20)8-11)18-25-26-27-28(18)16-5-3-2-4-15(16)17(29)24-19(21)22/h2-5,11-14,23H,6-10H2,1H3,(H4,21,22,24,29). The number of amides is 1. The molecule has 9 heteroatoms. The van der Waals surface area contributed by atoms with E-state index in [4.69, 9.17) is 11.5 Å². The van der Waals surface area contributed by atoms with E-state index >= 15 is 0 Å². The van der Waals surface area contributed by atoms with Crippen LogP contribution in [0.4, 0.5) is 0 Å². The highest BCUT2D eigenvalue weighted by molar-refractivity contribution is 6.04. The SMILES string of the molecule is CNC1(c2nnnn2-c2ccccc2C(=O)N=C(N)N)C2CC3CC(C2)CC1C3. The maximum absolute atomic E-state index is 12.6. The molecule has 6 rings (SSSR count). The van der Waals surface area contributed by atoms with Crippen LogP contribution in [0.3, 0.4) is 0 Å². The van der Waals surface area contributed by atoms with E-state index in [1.807, 2.05) is 19.2 Å². The predicted octanol–water partition coefficient (Wildman–Crippen LogP) is 0.947. The molecule has 152 valence electrons. The van der Waals surface area contributed by atoms with Crippen LogP contribution in [-0.4, -0.2) is 39.1 Å². The number of tetrazole rings is 1. The predicted molar refractivity (Wildman–Crippen MR) is 107 cm³/mol. The van der Waals surface area contributed by atoms with Crippen molar-refractivity contribution in [3.05, 3.63) is 35.7 Å². The Labute approximate surface area is 168 Å². The Morgan fingerprint density at radius 3 is 2.41 bits per heavy atom. The molecule has 4 fully saturated rings. The lowest BCUT2D eigenvalue weighted by Gasteiger charge is -2.60. The molecule has 4 aliphatic carbocycles. The Bertz CT molecular complexity index is 948. The number of hydrogen-bond acceptors (Lipinski definition) is 5. The minimum atomic E-state index is -0.509. The molecule has 5 N–H and O–H groups in total. The smallest absolute Gasteiger partial charge is 0.282 e. The number of benzene rings is 1. The van der Waals surface area contributed by atoms with Gasteiger partial charge in [-0.15, -0.1) is 5.10 Å². The molecule has 0 unspecified atom stereocenters. The number of rotatable bonds is 4. The quantitative estimate of drug-likeness (QED) is 0.518. The van der Waals surface area contributed by atoms with Gasteiger partial charge >= 0.3 is 0 Å². The third kappa shape index (κ3) is 2.67. The summed E-state index contributed by atoms with van der Waals surface area (Å²) >= 11 is 0. The average molecular weight is 394 g/mol. The first-order valence-corrected chi connectivity index (χ1v) is 10.2. The van der Waals surface area contributed by atoms with Gasteiger partial charge in [0.25, 0.3) is 5.91 Å². The van der Waals surface area contributed by atoms with Crippen molar-refractivity contribution in [2.75, 3.05) is 7.05 Å². The number of para-hydroxylation sites is 1. The minimum absolute atomic E-state index is 0.269. The molecule has 0 aliphatic heterocycles. The summed E-state index contributed by atoms with van der Waals surface area (Å²) in [4.78, 5) is 16.3. The van der Waals surface area contributed by atoms with Gasteiger partial charge in [0, 0.05) is 0 Å². The highest BCUT2D eigenvalue weighted by Crippen LogP contribution is 2.61. The topological polar surface area (TPSA) is 137 Å². The van der Waals surface area contributed by atoms with Crippen LogP contribution in [0.15, 0.2) is 29.3 Å². The zero-order chi connectivity index (χ0) is 20.2. The first-order chi connectivity index (χ1) is 14.0. The van der Waals surface area contributed by atoms with E-state index in [-0.39, 0.29) is 11.5 Å². The van der Waals surface area contributed by atoms with Crippen molar-refractivity contribution >= 4 is 11.9 Å². The Balaban J connectivity index is 1.63. The molecule has 4 bridgehead atoms. The van der Waals surface area contributed by atoms with Gasteiger partial charge in [-0.05, 0) is 85.4 Å². The van der Waals surface area contributed by atoms with Crippen molar-refractivity contribution < 1.29 is 4.79 Å². The maximum Gasteiger partial charge on any atom is 0.282 e. The summed E-state index contributed by atoms with van der Waals surface area (Å²) in [6.07, 6.45) is 6.18. The number of nitrogens with zero attached hydrogens (tertiary/aromatic N) is 5. The van der Waals surface area contributed by atoms with Crippen molar-refractivity contribution in [3.63, 3.8) is 0 Å². The third-order valence-electron chi connectivity index (χ3n) is 7.27. The number of aliphatic imine (C=N–C) groups is 1. The lowest BCUT2D eigenvalue weighted by atomic mass is 9.48. The number of nitrogens with one attached hydrogen (secondary N) is 1. The molecule has 0 atom stereocenters. The van der Waals surface area contributed by atoms with Gasteiger partial charge in [0.15, 0.2) is 11.8 Å². The largest absolute Gasteiger partial charge is 0.370 e. The highest BCUT2D eigenvalue weighted by Gasteiger charge is 2.59. The summed E-state index contributed by atoms with van der Waals surface area (Å²) in [5.74, 6) is 2.63. The third-order valence-corrected chi connectivity index (χ3v) is 7.27. The number of aromatic nitrogens is 4. The summed E-state index contributed by atoms with van der Waals surface area (Å²) in [5, 5.41) is 16.4. The second kappa shape index (κ2) is 6.62. The number of carbonyl (C=O) groups is 1. The van der Waals surface area contributed by atoms with E-state index in [0.29, 0.717) is 23.1 Å². The molecule has 1 amide bonds. The van der Waals surface area contributed by atoms with Gasteiger partial charge in [0.1, 0.15) is 0 Å². The fraction of sp³-hybridized carbons (Fsp3) is 0.550. The van der Waals surface area contributed by atoms with Crippen LogP contribution in [0.1, 0.15) is 48.3 Å². The lowest BCUT2D eigenvalue weighted by molar-refractivity contribution is -0.0795. The van der Waals surface area contributed by atoms with Gasteiger partial charge in [-0.2, -0.15) is 9.67 Å². The van der Waals surface area contributed by atoms with Crippen molar-refractivity contribution in [3.8, 4) is 5.69 Å². The average Bonchev–Trinajstić information content (AvgIpc) is 3.17. The molecule has 0 spiro atoms. The molecule has 9 nitrogen and oxygen atoms in total. The summed E-state index contributed by atoms with van der Waals surface area (Å²) in [5.41, 5.74) is 11.5. The second-order valence-electron chi connectivity index (χ2n) is 8.70. The lowest BCUT2D eigenvalue weighted by Crippen LogP contribution is -2.62. The van der Waals surface area contributed by atoms with Crippen LogP contribution in [0.25, 0.3) is 5.69 Å². The van der Waals surface area contributed by atoms with Gasteiger partial charge in [0.2, 0.25) is 0 Å². The molecular weight excluding hydrogens is 368 g/mol. The molecular formula is C20H26N8O. The Hall–Kier alpha value is -2.81. The van der Waals surface area contributed by atoms with Gasteiger partial charge in [-0.1, -0.05) is 12.1 Å². The van der Waals surface area contributed by atoms with Crippen LogP contribution in [0.5, 0.6) is 0 Å². The van der Waals surface area contributed by atoms with Crippen molar-refractivity contribution in [1.82, 2.24) is 25.5 Å². The number of guanidine groups is 1. The van der Waals surface area contributed by atoms with Crippen molar-refractivity contribution in [1.29, 1.82) is 0 Å². The van der Waals surface area contributed by atoms with Crippen LogP contribution in [0.2, 0.25) is 0 Å². The molecule has 1 aromatic heterocycles. The maximum atomic E-state index is 12.6. The van der Waals surface area contributed by atoms with Crippen LogP contribution < -0.4 is 16.8 Å². The molecule has 4 aliphatic rings. The molecule has 0 saturated heterocycles. The Morgan fingerprint density at radius 2 is 1.79 bits per heavy atom. The van der Waals surface area contributed by atoms with Crippen LogP contribution in [-0.2, 0) is 5.54 Å². The van der Waals surface area contributed by atoms with E-state index in [2.05, 4.69) is 25.8 Å². The normalized spacial score (nSPS) is 32.3. The highest BCUT2D eigenvalue weighted by atomic mass is 16.1.